The first-order valence-electron chi connectivity index (χ1n) is 41.2. The molecule has 6 nitrogen and oxygen atoms in total. The van der Waals surface area contributed by atoms with Crippen molar-refractivity contribution in [3.8, 4) is 5.75 Å². The summed E-state index contributed by atoms with van der Waals surface area (Å²) < 4.78 is 5.29. The zero-order valence-electron chi connectivity index (χ0n) is 68.4. The van der Waals surface area contributed by atoms with Crippen LogP contribution in [0.15, 0.2) is 180 Å². The lowest BCUT2D eigenvalue weighted by Gasteiger charge is -2.33. The van der Waals surface area contributed by atoms with Crippen LogP contribution in [0.4, 0.5) is 0 Å². The van der Waals surface area contributed by atoms with Crippen LogP contribution < -0.4 is 10.1 Å². The molecule has 5 atom stereocenters. The second-order valence-electron chi connectivity index (χ2n) is 33.2. The quantitative estimate of drug-likeness (QED) is 0.0528. The third-order valence-electron chi connectivity index (χ3n) is 21.7. The van der Waals surface area contributed by atoms with Gasteiger partial charge in [0.15, 0.2) is 0 Å². The van der Waals surface area contributed by atoms with Gasteiger partial charge in [-0.1, -0.05) is 236 Å². The van der Waals surface area contributed by atoms with Crippen molar-refractivity contribution in [3.63, 3.8) is 0 Å². The van der Waals surface area contributed by atoms with Crippen LogP contribution >= 0.6 is 23.2 Å². The zero-order chi connectivity index (χ0) is 75.1. The van der Waals surface area contributed by atoms with Gasteiger partial charge in [-0.05, 0) is 327 Å². The topological polar surface area (TPSA) is 34.2 Å². The van der Waals surface area contributed by atoms with Gasteiger partial charge in [0.05, 0.1) is 7.11 Å². The van der Waals surface area contributed by atoms with Gasteiger partial charge in [0, 0.05) is 46.3 Å². The predicted molar refractivity (Wildman–Crippen MR) is 457 cm³/mol. The molecule has 0 amide bonds. The first kappa shape index (κ1) is 87.9. The van der Waals surface area contributed by atoms with Gasteiger partial charge in [-0.25, -0.2) is 0 Å². The van der Waals surface area contributed by atoms with E-state index in [0.29, 0.717) is 36.3 Å². The van der Waals surface area contributed by atoms with Crippen LogP contribution in [0, 0.1) is 13.8 Å². The molecule has 1 aliphatic carbocycles. The van der Waals surface area contributed by atoms with Crippen LogP contribution in [0.5, 0.6) is 5.75 Å². The number of nitrogens with one attached hydrogen (secondary N) is 1. The molecule has 1 N–H and O–H groups in total. The van der Waals surface area contributed by atoms with Crippen LogP contribution in [-0.4, -0.2) is 115 Å². The molecule has 4 saturated heterocycles. The van der Waals surface area contributed by atoms with E-state index in [1.165, 1.54) is 267 Å². The molecule has 574 valence electrons. The number of halogens is 2. The van der Waals surface area contributed by atoms with Crippen molar-refractivity contribution in [2.45, 2.75) is 306 Å². The van der Waals surface area contributed by atoms with E-state index in [1.807, 2.05) is 24.3 Å². The van der Waals surface area contributed by atoms with Gasteiger partial charge in [0.25, 0.3) is 0 Å². The van der Waals surface area contributed by atoms with E-state index >= 15 is 0 Å². The van der Waals surface area contributed by atoms with Crippen molar-refractivity contribution >= 4 is 23.2 Å². The summed E-state index contributed by atoms with van der Waals surface area (Å²) in [5, 5.41) is 5.58. The summed E-state index contributed by atoms with van der Waals surface area (Å²) in [4.78, 5) is 10.7. The molecule has 4 aliphatic heterocycles. The Kier molecular flexibility index (Phi) is 41.5. The Morgan fingerprint density at radius 2 is 0.654 bits per heavy atom. The Morgan fingerprint density at radius 1 is 0.385 bits per heavy atom. The van der Waals surface area contributed by atoms with Crippen molar-refractivity contribution in [3.05, 3.63) is 229 Å². The van der Waals surface area contributed by atoms with Crippen molar-refractivity contribution in [2.75, 3.05) is 59.5 Å². The predicted octanol–water partition coefficient (Wildman–Crippen LogP) is 25.3. The third kappa shape index (κ3) is 35.8. The standard InChI is InChI=1S/C22H35NO.2C19H29N.2C18H26ClN/c1-17(2)15-20(23-19-9-7-6-8-10-19)16-22(3,4)18-11-13-21(24-5)14-12-18;2*1-16(2)15-19(20-13-5-4-6-14-20)12-11-18-9-7-17(3)8-10-18;2*1-15(2)14-18(20-12-4-3-5-13-20)11-8-16-6-9-17(19)10-7-16/h11-15,19-20,23H,6-10,16H2,1-5H3;2*7-10,15,19H,4-6,11-14H2,1-3H3;2*6-7,9-10,14,18H,3-5,8,11-13H2,1-2H3. The summed E-state index contributed by atoms with van der Waals surface area (Å²) in [6, 6.07) is 46.7. The molecule has 5 fully saturated rings. The molecule has 104 heavy (non-hydrogen) atoms. The number of benzene rings is 5. The van der Waals surface area contributed by atoms with Gasteiger partial charge in [0.1, 0.15) is 5.75 Å². The van der Waals surface area contributed by atoms with E-state index in [1.54, 1.807) is 7.11 Å². The molecular weight excluding hydrogens is 1310 g/mol. The number of piperidine rings is 4. The summed E-state index contributed by atoms with van der Waals surface area (Å²) in [5.74, 6) is 0.927. The summed E-state index contributed by atoms with van der Waals surface area (Å²) in [6.07, 6.45) is 46.2. The number of allylic oxidation sites excluding steroid dienone is 5. The van der Waals surface area contributed by atoms with E-state index in [-0.39, 0.29) is 5.41 Å². The first-order chi connectivity index (χ1) is 50.0. The molecule has 5 unspecified atom stereocenters. The van der Waals surface area contributed by atoms with Gasteiger partial charge in [-0.3, -0.25) is 19.6 Å². The maximum Gasteiger partial charge on any atom is 0.118 e. The van der Waals surface area contributed by atoms with Gasteiger partial charge in [-0.15, -0.1) is 0 Å². The number of hydrogen-bond donors (Lipinski definition) is 1. The maximum absolute atomic E-state index is 5.95. The van der Waals surface area contributed by atoms with Gasteiger partial charge in [-0.2, -0.15) is 0 Å². The fraction of sp³-hybridized carbons (Fsp3) is 0.583. The molecule has 0 spiro atoms. The lowest BCUT2D eigenvalue weighted by atomic mass is 9.78. The summed E-state index contributed by atoms with van der Waals surface area (Å²) in [7, 11) is 1.72. The van der Waals surface area contributed by atoms with E-state index in [2.05, 4.69) is 249 Å². The van der Waals surface area contributed by atoms with Crippen molar-refractivity contribution in [2.24, 2.45) is 0 Å². The van der Waals surface area contributed by atoms with E-state index in [4.69, 9.17) is 27.9 Å². The Bertz CT molecular complexity index is 2900. The zero-order valence-corrected chi connectivity index (χ0v) is 69.9. The van der Waals surface area contributed by atoms with Crippen LogP contribution in [0.3, 0.4) is 0 Å². The highest BCUT2D eigenvalue weighted by molar-refractivity contribution is 6.30. The number of aryl methyl sites for hydroxylation is 6. The van der Waals surface area contributed by atoms with Crippen LogP contribution in [0.25, 0.3) is 0 Å². The summed E-state index contributed by atoms with van der Waals surface area (Å²) in [6.45, 7) is 41.3. The Morgan fingerprint density at radius 3 is 0.923 bits per heavy atom. The average molecular weight is 1460 g/mol. The SMILES string of the molecule is CC(C)=CC(CCc1ccc(C)cc1)N1CCCCC1.CC(C)=CC(CCc1ccc(C)cc1)N1CCCCC1.CC(C)=CC(CCc1ccc(Cl)cc1)N1CCCCC1.CC(C)=CC(CCc1ccc(Cl)cc1)N1CCCCC1.COc1ccc(C(C)(C)CC(C=C(C)C)NC2CCCCC2)cc1. The normalized spacial score (nSPS) is 17.7. The van der Waals surface area contributed by atoms with Gasteiger partial charge < -0.3 is 10.1 Å². The smallest absolute Gasteiger partial charge is 0.118 e. The molecule has 0 bridgehead atoms. The highest BCUT2D eigenvalue weighted by atomic mass is 35.5. The minimum atomic E-state index is 0.130. The molecule has 5 aromatic rings. The Labute approximate surface area is 648 Å². The summed E-state index contributed by atoms with van der Waals surface area (Å²) >= 11 is 11.9. The molecule has 8 heteroatoms. The Balaban J connectivity index is 0.000000204. The van der Waals surface area contributed by atoms with Crippen LogP contribution in [0.2, 0.25) is 10.0 Å². The van der Waals surface area contributed by atoms with E-state index in [9.17, 15) is 0 Å². The van der Waals surface area contributed by atoms with Crippen LogP contribution in [0.1, 0.15) is 263 Å². The lowest BCUT2D eigenvalue weighted by molar-refractivity contribution is 0.183. The lowest BCUT2D eigenvalue weighted by Crippen LogP contribution is -2.41. The number of nitrogens with zero attached hydrogens (tertiary/aromatic N) is 4. The van der Waals surface area contributed by atoms with E-state index < -0.39 is 0 Å². The highest BCUT2D eigenvalue weighted by Gasteiger charge is 2.28. The second-order valence-corrected chi connectivity index (χ2v) is 34.1. The minimum Gasteiger partial charge on any atom is -0.497 e. The number of ether oxygens (including phenoxy) is 1. The molecule has 0 aromatic heterocycles. The number of hydrogen-bond acceptors (Lipinski definition) is 6. The largest absolute Gasteiger partial charge is 0.497 e. The number of rotatable bonds is 27. The van der Waals surface area contributed by atoms with E-state index in [0.717, 1.165) is 35.1 Å². The van der Waals surface area contributed by atoms with Crippen LogP contribution in [-0.2, 0) is 31.1 Å². The number of likely N-dealkylation sites (tertiary alicyclic amines) is 4. The monoisotopic (exact) mass is 1450 g/mol. The molecule has 5 aromatic carbocycles. The Hall–Kier alpha value is -5.02. The minimum absolute atomic E-state index is 0.130. The molecule has 4 heterocycles. The van der Waals surface area contributed by atoms with Crippen molar-refractivity contribution < 1.29 is 4.74 Å². The molecule has 10 rings (SSSR count). The van der Waals surface area contributed by atoms with Gasteiger partial charge in [0.2, 0.25) is 0 Å². The molecular formula is C96H145Cl2N5O. The fourth-order valence-corrected chi connectivity index (χ4v) is 16.2. The van der Waals surface area contributed by atoms with Gasteiger partial charge >= 0.3 is 0 Å². The highest BCUT2D eigenvalue weighted by Crippen LogP contribution is 2.32. The maximum atomic E-state index is 5.95. The average Bonchev–Trinajstić information content (AvgIpc) is 0.754. The molecule has 1 saturated carbocycles. The third-order valence-corrected chi connectivity index (χ3v) is 22.2. The second kappa shape index (κ2) is 49.1. The first-order valence-corrected chi connectivity index (χ1v) is 42.0. The molecule has 5 aliphatic rings. The fourth-order valence-electron chi connectivity index (χ4n) is 15.9. The van der Waals surface area contributed by atoms with Crippen molar-refractivity contribution in [1.29, 1.82) is 0 Å². The summed E-state index contributed by atoms with van der Waals surface area (Å²) in [5.41, 5.74) is 17.1. The molecule has 0 radical (unpaired) electrons. The van der Waals surface area contributed by atoms with Crippen molar-refractivity contribution in [1.82, 2.24) is 24.9 Å². The number of methoxy groups -OCH3 is 1.